The van der Waals surface area contributed by atoms with Crippen molar-refractivity contribution in [3.8, 4) is 0 Å². The van der Waals surface area contributed by atoms with Crippen molar-refractivity contribution in [1.29, 1.82) is 0 Å². The molecule has 0 fully saturated rings. The van der Waals surface area contributed by atoms with Gasteiger partial charge in [0.25, 0.3) is 0 Å². The van der Waals surface area contributed by atoms with Gasteiger partial charge in [-0.15, -0.1) is 11.8 Å². The Morgan fingerprint density at radius 1 is 1.46 bits per heavy atom. The third-order valence-electron chi connectivity index (χ3n) is 1.88. The molecule has 0 aromatic rings. The van der Waals surface area contributed by atoms with Crippen LogP contribution in [0, 0.1) is 5.92 Å². The molecule has 1 unspecified atom stereocenters. The van der Waals surface area contributed by atoms with Gasteiger partial charge in [-0.2, -0.15) is 0 Å². The average Bonchev–Trinajstić information content (AvgIpc) is 1.96. The minimum Gasteiger partial charge on any atom is -0.480 e. The number of carboxylic acids is 1. The maximum Gasteiger partial charge on any atom is 0.316 e. The second-order valence-corrected chi connectivity index (χ2v) is 6.34. The monoisotopic (exact) mass is 204 g/mol. The van der Waals surface area contributed by atoms with Gasteiger partial charge < -0.3 is 5.11 Å². The van der Waals surface area contributed by atoms with Crippen molar-refractivity contribution in [2.75, 3.05) is 0 Å². The highest BCUT2D eigenvalue weighted by Crippen LogP contribution is 2.33. The first kappa shape index (κ1) is 12.8. The predicted octanol–water partition coefficient (Wildman–Crippen LogP) is 3.02. The summed E-state index contributed by atoms with van der Waals surface area (Å²) in [5.41, 5.74) is 0. The zero-order valence-corrected chi connectivity index (χ0v) is 9.94. The summed E-state index contributed by atoms with van der Waals surface area (Å²) in [7, 11) is 0. The van der Waals surface area contributed by atoms with Crippen LogP contribution in [0.2, 0.25) is 0 Å². The van der Waals surface area contributed by atoms with Gasteiger partial charge in [-0.05, 0) is 5.92 Å². The molecule has 0 heterocycles. The van der Waals surface area contributed by atoms with E-state index in [1.807, 2.05) is 13.8 Å². The van der Waals surface area contributed by atoms with Crippen LogP contribution in [0.25, 0.3) is 0 Å². The SMILES string of the molecule is CCC(C)[C@@H](SC(C)(C)C)C(=O)O. The van der Waals surface area contributed by atoms with Gasteiger partial charge >= 0.3 is 5.97 Å². The Labute approximate surface area is 85.1 Å². The summed E-state index contributed by atoms with van der Waals surface area (Å²) < 4.78 is 0.0203. The molecule has 0 bridgehead atoms. The first-order chi connectivity index (χ1) is 5.78. The molecule has 2 atom stereocenters. The van der Waals surface area contributed by atoms with Crippen molar-refractivity contribution in [3.63, 3.8) is 0 Å². The predicted molar refractivity (Wildman–Crippen MR) is 58.2 cm³/mol. The van der Waals surface area contributed by atoms with E-state index in [4.69, 9.17) is 5.11 Å². The lowest BCUT2D eigenvalue weighted by molar-refractivity contribution is -0.137. The number of carboxylic acid groups (broad SMARTS) is 1. The fourth-order valence-electron chi connectivity index (χ4n) is 1.00. The zero-order valence-electron chi connectivity index (χ0n) is 9.13. The van der Waals surface area contributed by atoms with Crippen molar-refractivity contribution >= 4 is 17.7 Å². The fourth-order valence-corrected chi connectivity index (χ4v) is 2.29. The maximum atomic E-state index is 11.0. The van der Waals surface area contributed by atoms with Gasteiger partial charge in [0.2, 0.25) is 0 Å². The molecule has 0 saturated heterocycles. The molecular weight excluding hydrogens is 184 g/mol. The van der Waals surface area contributed by atoms with E-state index in [0.717, 1.165) is 6.42 Å². The van der Waals surface area contributed by atoms with Crippen molar-refractivity contribution in [1.82, 2.24) is 0 Å². The van der Waals surface area contributed by atoms with Crippen molar-refractivity contribution in [2.24, 2.45) is 5.92 Å². The molecule has 3 heteroatoms. The van der Waals surface area contributed by atoms with E-state index >= 15 is 0 Å². The molecule has 0 aliphatic heterocycles. The van der Waals surface area contributed by atoms with Crippen LogP contribution in [-0.2, 0) is 4.79 Å². The summed E-state index contributed by atoms with van der Waals surface area (Å²) in [5.74, 6) is -0.448. The van der Waals surface area contributed by atoms with Crippen molar-refractivity contribution in [3.05, 3.63) is 0 Å². The quantitative estimate of drug-likeness (QED) is 0.765. The summed E-state index contributed by atoms with van der Waals surface area (Å²) in [6.07, 6.45) is 0.917. The van der Waals surface area contributed by atoms with E-state index in [1.54, 1.807) is 11.8 Å². The Bertz CT molecular complexity index is 172. The maximum absolute atomic E-state index is 11.0. The Balaban J connectivity index is 4.36. The molecule has 0 aromatic carbocycles. The van der Waals surface area contributed by atoms with Crippen LogP contribution in [0.3, 0.4) is 0 Å². The van der Waals surface area contributed by atoms with Crippen LogP contribution >= 0.6 is 11.8 Å². The highest BCUT2D eigenvalue weighted by molar-refractivity contribution is 8.01. The number of hydrogen-bond donors (Lipinski definition) is 1. The van der Waals surface area contributed by atoms with Crippen LogP contribution in [0.1, 0.15) is 41.0 Å². The lowest BCUT2D eigenvalue weighted by Crippen LogP contribution is -2.28. The first-order valence-corrected chi connectivity index (χ1v) is 5.56. The normalized spacial score (nSPS) is 16.7. The van der Waals surface area contributed by atoms with E-state index in [-0.39, 0.29) is 15.9 Å². The lowest BCUT2D eigenvalue weighted by Gasteiger charge is -2.26. The van der Waals surface area contributed by atoms with E-state index < -0.39 is 5.97 Å². The van der Waals surface area contributed by atoms with Gasteiger partial charge in [-0.3, -0.25) is 4.79 Å². The molecule has 0 aliphatic carbocycles. The molecular formula is C10H20O2S. The van der Waals surface area contributed by atoms with Crippen LogP contribution < -0.4 is 0 Å². The Kier molecular flexibility index (Phi) is 4.82. The number of carbonyl (C=O) groups is 1. The molecule has 0 saturated carbocycles. The minimum absolute atomic E-state index is 0.0203. The molecule has 0 rings (SSSR count). The summed E-state index contributed by atoms with van der Waals surface area (Å²) in [6.45, 7) is 10.2. The third kappa shape index (κ3) is 5.19. The first-order valence-electron chi connectivity index (χ1n) is 4.68. The third-order valence-corrected chi connectivity index (χ3v) is 3.51. The summed E-state index contributed by atoms with van der Waals surface area (Å²) in [6, 6.07) is 0. The topological polar surface area (TPSA) is 37.3 Å². The van der Waals surface area contributed by atoms with Gasteiger partial charge in [0.05, 0.1) is 0 Å². The van der Waals surface area contributed by atoms with Crippen molar-refractivity contribution < 1.29 is 9.90 Å². The van der Waals surface area contributed by atoms with Crippen molar-refractivity contribution in [2.45, 2.75) is 51.0 Å². The van der Waals surface area contributed by atoms with Gasteiger partial charge in [-0.1, -0.05) is 41.0 Å². The van der Waals surface area contributed by atoms with Crippen LogP contribution in [0.5, 0.6) is 0 Å². The van der Waals surface area contributed by atoms with Gasteiger partial charge in [0.15, 0.2) is 0 Å². The summed E-state index contributed by atoms with van der Waals surface area (Å²) in [5, 5.41) is 8.74. The molecule has 78 valence electrons. The number of thioether (sulfide) groups is 1. The molecule has 1 N–H and O–H groups in total. The molecule has 0 spiro atoms. The summed E-state index contributed by atoms with van der Waals surface area (Å²) >= 11 is 1.54. The Morgan fingerprint density at radius 2 is 1.92 bits per heavy atom. The van der Waals surface area contributed by atoms with Crippen LogP contribution in [0.15, 0.2) is 0 Å². The van der Waals surface area contributed by atoms with Gasteiger partial charge in [-0.25, -0.2) is 0 Å². The lowest BCUT2D eigenvalue weighted by atomic mass is 10.1. The second kappa shape index (κ2) is 4.89. The van der Waals surface area contributed by atoms with E-state index in [1.165, 1.54) is 0 Å². The highest BCUT2D eigenvalue weighted by Gasteiger charge is 2.28. The minimum atomic E-state index is -0.686. The highest BCUT2D eigenvalue weighted by atomic mass is 32.2. The second-order valence-electron chi connectivity index (χ2n) is 4.37. The van der Waals surface area contributed by atoms with Crippen LogP contribution in [-0.4, -0.2) is 21.1 Å². The smallest absolute Gasteiger partial charge is 0.316 e. The van der Waals surface area contributed by atoms with Gasteiger partial charge in [0, 0.05) is 4.75 Å². The molecule has 0 radical (unpaired) electrons. The largest absolute Gasteiger partial charge is 0.480 e. The van der Waals surface area contributed by atoms with E-state index in [9.17, 15) is 4.79 Å². The Morgan fingerprint density at radius 3 is 2.15 bits per heavy atom. The molecule has 0 aromatic heterocycles. The number of hydrogen-bond acceptors (Lipinski definition) is 2. The zero-order chi connectivity index (χ0) is 10.6. The number of rotatable bonds is 4. The average molecular weight is 204 g/mol. The van der Waals surface area contributed by atoms with E-state index in [0.29, 0.717) is 0 Å². The number of aliphatic carboxylic acids is 1. The van der Waals surface area contributed by atoms with Gasteiger partial charge in [0.1, 0.15) is 5.25 Å². The van der Waals surface area contributed by atoms with Crippen LogP contribution in [0.4, 0.5) is 0 Å². The standard InChI is InChI=1S/C10H20O2S/c1-6-7(2)8(9(11)12)13-10(3,4)5/h7-8H,6H2,1-5H3,(H,11,12)/t7?,8-/m1/s1. The Hall–Kier alpha value is -0.180. The molecule has 13 heavy (non-hydrogen) atoms. The molecule has 0 aliphatic rings. The van der Waals surface area contributed by atoms with E-state index in [2.05, 4.69) is 20.8 Å². The molecule has 0 amide bonds. The fraction of sp³-hybridized carbons (Fsp3) is 0.900. The summed E-state index contributed by atoms with van der Waals surface area (Å²) in [4.78, 5) is 11.0. The molecule has 2 nitrogen and oxygen atoms in total.